The van der Waals surface area contributed by atoms with Gasteiger partial charge in [0.1, 0.15) is 0 Å². The molecule has 1 N–H and O–H groups in total. The first-order valence-electron chi connectivity index (χ1n) is 10.9. The molecule has 0 radical (unpaired) electrons. The molecule has 1 amide bonds. The monoisotopic (exact) mass is 460 g/mol. The first-order valence-corrected chi connectivity index (χ1v) is 12.4. The average molecular weight is 461 g/mol. The van der Waals surface area contributed by atoms with Crippen LogP contribution in [0.1, 0.15) is 31.7 Å². The molecule has 8 heteroatoms. The van der Waals surface area contributed by atoms with Crippen molar-refractivity contribution in [2.24, 2.45) is 5.92 Å². The van der Waals surface area contributed by atoms with E-state index in [1.165, 1.54) is 36.2 Å². The van der Waals surface area contributed by atoms with Crippen LogP contribution in [0.3, 0.4) is 0 Å². The lowest BCUT2D eigenvalue weighted by Crippen LogP contribution is -2.44. The summed E-state index contributed by atoms with van der Waals surface area (Å²) < 4.78 is 38.0. The number of nitrogens with zero attached hydrogens (tertiary/aromatic N) is 1. The molecule has 3 rings (SSSR count). The van der Waals surface area contributed by atoms with Gasteiger partial charge in [-0.15, -0.1) is 0 Å². The molecule has 2 aromatic rings. The number of carbonyl (C=O) groups is 1. The molecule has 0 unspecified atom stereocenters. The van der Waals surface area contributed by atoms with Crippen LogP contribution in [0, 0.1) is 5.92 Å². The van der Waals surface area contributed by atoms with Crippen LogP contribution in [0.5, 0.6) is 11.5 Å². The maximum Gasteiger partial charge on any atom is 0.243 e. The van der Waals surface area contributed by atoms with E-state index in [2.05, 4.69) is 17.4 Å². The number of amides is 1. The van der Waals surface area contributed by atoms with Gasteiger partial charge in [-0.25, -0.2) is 8.42 Å². The Morgan fingerprint density at radius 1 is 1.06 bits per heavy atom. The van der Waals surface area contributed by atoms with E-state index in [0.29, 0.717) is 37.4 Å². The van der Waals surface area contributed by atoms with E-state index in [1.807, 2.05) is 25.1 Å². The Kier molecular flexibility index (Phi) is 8.15. The maximum atomic E-state index is 13.1. The zero-order valence-electron chi connectivity index (χ0n) is 18.9. The van der Waals surface area contributed by atoms with Crippen LogP contribution < -0.4 is 14.8 Å². The zero-order valence-corrected chi connectivity index (χ0v) is 19.7. The van der Waals surface area contributed by atoms with E-state index in [1.54, 1.807) is 6.07 Å². The van der Waals surface area contributed by atoms with Gasteiger partial charge in [-0.1, -0.05) is 30.3 Å². The van der Waals surface area contributed by atoms with Gasteiger partial charge in [-0.05, 0) is 50.3 Å². The quantitative estimate of drug-likeness (QED) is 0.621. The highest BCUT2D eigenvalue weighted by atomic mass is 32.2. The fraction of sp³-hybridized carbons (Fsp3) is 0.458. The third-order valence-corrected chi connectivity index (χ3v) is 7.81. The highest BCUT2D eigenvalue weighted by Gasteiger charge is 2.32. The topological polar surface area (TPSA) is 84.9 Å². The smallest absolute Gasteiger partial charge is 0.243 e. The minimum Gasteiger partial charge on any atom is -0.493 e. The van der Waals surface area contributed by atoms with Crippen LogP contribution >= 0.6 is 0 Å². The molecule has 0 aliphatic carbocycles. The first-order chi connectivity index (χ1) is 15.3. The van der Waals surface area contributed by atoms with E-state index in [0.717, 1.165) is 12.8 Å². The van der Waals surface area contributed by atoms with Gasteiger partial charge in [-0.3, -0.25) is 4.79 Å². The number of hydrogen-bond donors (Lipinski definition) is 1. The number of rotatable bonds is 9. The Hall–Kier alpha value is -2.58. The van der Waals surface area contributed by atoms with Crippen molar-refractivity contribution in [1.82, 2.24) is 9.62 Å². The molecule has 0 spiro atoms. The molecule has 2 aromatic carbocycles. The summed E-state index contributed by atoms with van der Waals surface area (Å²) in [6.07, 6.45) is 2.78. The van der Waals surface area contributed by atoms with Crippen LogP contribution in [-0.4, -0.2) is 52.0 Å². The summed E-state index contributed by atoms with van der Waals surface area (Å²) >= 11 is 0. The lowest BCUT2D eigenvalue weighted by molar-refractivity contribution is -0.126. The second-order valence-corrected chi connectivity index (χ2v) is 10.1. The molecular weight excluding hydrogens is 428 g/mol. The van der Waals surface area contributed by atoms with Gasteiger partial charge in [0.15, 0.2) is 11.5 Å². The van der Waals surface area contributed by atoms with Gasteiger partial charge in [0.2, 0.25) is 15.9 Å². The number of carbonyl (C=O) groups excluding carboxylic acids is 1. The number of benzene rings is 2. The standard InChI is InChI=1S/C24H32N2O5S/c1-18(9-10-19-7-5-4-6-8-19)25-24(27)20-13-15-26(16-14-20)32(28,29)21-11-12-22(30-2)23(17-21)31-3/h4-8,11-12,17-18,20H,9-10,13-16H2,1-3H3,(H,25,27)/t18-/m0/s1. The van der Waals surface area contributed by atoms with Gasteiger partial charge >= 0.3 is 0 Å². The summed E-state index contributed by atoms with van der Waals surface area (Å²) in [4.78, 5) is 12.9. The molecule has 1 saturated heterocycles. The third kappa shape index (κ3) is 5.81. The molecule has 1 aliphatic heterocycles. The Morgan fingerprint density at radius 3 is 2.34 bits per heavy atom. The van der Waals surface area contributed by atoms with Gasteiger partial charge < -0.3 is 14.8 Å². The molecule has 1 fully saturated rings. The molecule has 174 valence electrons. The molecule has 0 aromatic heterocycles. The number of methoxy groups -OCH3 is 2. The second kappa shape index (κ2) is 10.8. The minimum atomic E-state index is -3.66. The number of hydrogen-bond acceptors (Lipinski definition) is 5. The molecule has 0 saturated carbocycles. The van der Waals surface area contributed by atoms with Crippen molar-refractivity contribution in [1.29, 1.82) is 0 Å². The van der Waals surface area contributed by atoms with Crippen molar-refractivity contribution < 1.29 is 22.7 Å². The fourth-order valence-electron chi connectivity index (χ4n) is 3.95. The molecule has 32 heavy (non-hydrogen) atoms. The molecule has 1 heterocycles. The Labute approximate surface area is 190 Å². The number of ether oxygens (including phenoxy) is 2. The lowest BCUT2D eigenvalue weighted by Gasteiger charge is -2.31. The van der Waals surface area contributed by atoms with E-state index in [4.69, 9.17) is 9.47 Å². The summed E-state index contributed by atoms with van der Waals surface area (Å²) in [6, 6.07) is 14.8. The Morgan fingerprint density at radius 2 is 1.72 bits per heavy atom. The van der Waals surface area contributed by atoms with Crippen molar-refractivity contribution in [3.05, 3.63) is 54.1 Å². The van der Waals surface area contributed by atoms with E-state index in [-0.39, 0.29) is 22.8 Å². The highest BCUT2D eigenvalue weighted by Crippen LogP contribution is 2.32. The van der Waals surface area contributed by atoms with Gasteiger partial charge in [0, 0.05) is 31.1 Å². The predicted octanol–water partition coefficient (Wildman–Crippen LogP) is 3.24. The molecular formula is C24H32N2O5S. The summed E-state index contributed by atoms with van der Waals surface area (Å²) in [5.41, 5.74) is 1.25. The Bertz CT molecular complexity index is 1000. The molecule has 7 nitrogen and oxygen atoms in total. The largest absolute Gasteiger partial charge is 0.493 e. The number of piperidine rings is 1. The van der Waals surface area contributed by atoms with Crippen molar-refractivity contribution in [3.8, 4) is 11.5 Å². The maximum absolute atomic E-state index is 13.1. The van der Waals surface area contributed by atoms with Crippen LogP contribution in [0.2, 0.25) is 0 Å². The second-order valence-electron chi connectivity index (χ2n) is 8.13. The van der Waals surface area contributed by atoms with E-state index >= 15 is 0 Å². The van der Waals surface area contributed by atoms with Gasteiger partial charge in [0.05, 0.1) is 19.1 Å². The number of nitrogens with one attached hydrogen (secondary N) is 1. The van der Waals surface area contributed by atoms with Gasteiger partial charge in [0.25, 0.3) is 0 Å². The summed E-state index contributed by atoms with van der Waals surface area (Å²) in [6.45, 7) is 2.64. The van der Waals surface area contributed by atoms with E-state index < -0.39 is 10.0 Å². The fourth-order valence-corrected chi connectivity index (χ4v) is 5.43. The summed E-state index contributed by atoms with van der Waals surface area (Å²) in [5.74, 6) is 0.676. The first kappa shape index (κ1) is 24.1. The van der Waals surface area contributed by atoms with Gasteiger partial charge in [-0.2, -0.15) is 4.31 Å². The van der Waals surface area contributed by atoms with Crippen molar-refractivity contribution in [2.75, 3.05) is 27.3 Å². The van der Waals surface area contributed by atoms with Crippen LogP contribution in [0.4, 0.5) is 0 Å². The number of aryl methyl sites for hydroxylation is 1. The summed E-state index contributed by atoms with van der Waals surface area (Å²) in [5, 5.41) is 3.10. The number of sulfonamides is 1. The van der Waals surface area contributed by atoms with Crippen molar-refractivity contribution in [3.63, 3.8) is 0 Å². The molecule has 0 bridgehead atoms. The normalized spacial score (nSPS) is 16.3. The third-order valence-electron chi connectivity index (χ3n) is 5.92. The van der Waals surface area contributed by atoms with Crippen LogP contribution in [-0.2, 0) is 21.2 Å². The van der Waals surface area contributed by atoms with E-state index in [9.17, 15) is 13.2 Å². The Balaban J connectivity index is 1.53. The molecule has 1 atom stereocenters. The average Bonchev–Trinajstić information content (AvgIpc) is 2.83. The SMILES string of the molecule is COc1ccc(S(=O)(=O)N2CCC(C(=O)N[C@@H](C)CCc3ccccc3)CC2)cc1OC. The summed E-state index contributed by atoms with van der Waals surface area (Å²) in [7, 11) is -0.689. The van der Waals surface area contributed by atoms with Crippen molar-refractivity contribution >= 4 is 15.9 Å². The molecule has 1 aliphatic rings. The van der Waals surface area contributed by atoms with Crippen LogP contribution in [0.25, 0.3) is 0 Å². The highest BCUT2D eigenvalue weighted by molar-refractivity contribution is 7.89. The predicted molar refractivity (Wildman–Crippen MR) is 123 cm³/mol. The van der Waals surface area contributed by atoms with Crippen LogP contribution in [0.15, 0.2) is 53.4 Å². The lowest BCUT2D eigenvalue weighted by atomic mass is 9.96. The minimum absolute atomic E-state index is 0.00808. The van der Waals surface area contributed by atoms with Crippen molar-refractivity contribution in [2.45, 2.75) is 43.5 Å². The zero-order chi connectivity index (χ0) is 23.1.